The smallest absolute Gasteiger partial charge is 0.130 e. The lowest BCUT2D eigenvalue weighted by Crippen LogP contribution is -1.93. The van der Waals surface area contributed by atoms with Crippen LogP contribution in [0.4, 0.5) is 0 Å². The molecule has 77 heavy (non-hydrogen) atoms. The van der Waals surface area contributed by atoms with Gasteiger partial charge in [-0.25, -0.2) is 24.9 Å². The fourth-order valence-corrected chi connectivity index (χ4v) is 7.94. The number of aromatic amines is 1. The quantitative estimate of drug-likeness (QED) is 0.150. The van der Waals surface area contributed by atoms with Crippen LogP contribution in [-0.4, -0.2) is 50.1 Å². The normalized spacial score (nSPS) is 10.2. The summed E-state index contributed by atoms with van der Waals surface area (Å²) in [6.45, 7) is 38.8. The highest BCUT2D eigenvalue weighted by Gasteiger charge is 2.01. The van der Waals surface area contributed by atoms with Gasteiger partial charge in [0.1, 0.15) is 12.2 Å². The number of nitrogens with one attached hydrogen (secondary N) is 1. The van der Waals surface area contributed by atoms with Crippen molar-refractivity contribution in [3.8, 4) is 0 Å². The molecule has 10 nitrogen and oxygen atoms in total. The van der Waals surface area contributed by atoms with Crippen LogP contribution in [0.2, 0.25) is 0 Å². The summed E-state index contributed by atoms with van der Waals surface area (Å²) in [6.07, 6.45) is 23.6. The van der Waals surface area contributed by atoms with Crippen LogP contribution in [0.1, 0.15) is 227 Å². The zero-order chi connectivity index (χ0) is 57.4. The minimum atomic E-state index is 0.436. The maximum Gasteiger partial charge on any atom is 0.130 e. The third-order valence-electron chi connectivity index (χ3n) is 10.8. The fraction of sp³-hybridized carbons (Fsp3) is 0.422. The SMILES string of the molecule is CC(C)c1ccccn1.CC(C)c1cccnc1.CC(C)c1cccs1.CC(C)c1ccncc1.CC(C)c1ccsc1.CC(C)c1cn[nH]c1.CC(C)c1cncnc1.CC(C)c1ncccn1.CC(C)c1nccs1. The molecule has 0 radical (unpaired) electrons. The van der Waals surface area contributed by atoms with Gasteiger partial charge >= 0.3 is 0 Å². The molecule has 1 N–H and O–H groups in total. The molecule has 0 spiro atoms. The number of H-pyrrole nitrogens is 1. The number of pyridine rings is 3. The Morgan fingerprint density at radius 1 is 0.364 bits per heavy atom. The Balaban J connectivity index is 0.000000433. The Morgan fingerprint density at radius 3 is 1.27 bits per heavy atom. The summed E-state index contributed by atoms with van der Waals surface area (Å²) < 4.78 is 0. The molecule has 0 amide bonds. The average Bonchev–Trinajstić information content (AvgIpc) is 4.31. The van der Waals surface area contributed by atoms with Crippen molar-refractivity contribution in [2.45, 2.75) is 178 Å². The number of aromatic nitrogens is 10. The maximum absolute atomic E-state index is 4.18. The topological polar surface area (TPSA) is 132 Å². The molecular weight excluding hydrogens is 1000 g/mol. The van der Waals surface area contributed by atoms with E-state index in [-0.39, 0.29) is 0 Å². The van der Waals surface area contributed by atoms with Gasteiger partial charge in [-0.3, -0.25) is 20.1 Å². The summed E-state index contributed by atoms with van der Waals surface area (Å²) in [5.74, 6) is 6.23. The van der Waals surface area contributed by atoms with Crippen LogP contribution >= 0.6 is 34.0 Å². The van der Waals surface area contributed by atoms with Gasteiger partial charge in [-0.15, -0.1) is 22.7 Å². The lowest BCUT2D eigenvalue weighted by molar-refractivity contribution is 0.774. The molecule has 13 heteroatoms. The zero-order valence-corrected chi connectivity index (χ0v) is 52.1. The second-order valence-electron chi connectivity index (χ2n) is 20.5. The third kappa shape index (κ3) is 33.6. The summed E-state index contributed by atoms with van der Waals surface area (Å²) in [4.78, 5) is 33.6. The molecule has 0 aliphatic rings. The Bertz CT molecular complexity index is 2180. The lowest BCUT2D eigenvalue weighted by atomic mass is 10.1. The molecule has 0 aliphatic carbocycles. The Hall–Kier alpha value is -6.15. The Morgan fingerprint density at radius 2 is 0.974 bits per heavy atom. The highest BCUT2D eigenvalue weighted by molar-refractivity contribution is 7.10. The Labute approximate surface area is 477 Å². The summed E-state index contributed by atoms with van der Waals surface area (Å²) in [6, 6.07) is 22.4. The van der Waals surface area contributed by atoms with Crippen molar-refractivity contribution < 1.29 is 0 Å². The van der Waals surface area contributed by atoms with Gasteiger partial charge in [-0.05, 0) is 134 Å². The predicted octanol–water partition coefficient (Wildman–Crippen LogP) is 19.4. The van der Waals surface area contributed by atoms with Crippen LogP contribution < -0.4 is 0 Å². The molecule has 0 saturated carbocycles. The first-order chi connectivity index (χ1) is 36.7. The number of rotatable bonds is 9. The van der Waals surface area contributed by atoms with Gasteiger partial charge in [0.15, 0.2) is 0 Å². The van der Waals surface area contributed by atoms with E-state index in [0.29, 0.717) is 53.3 Å². The number of hydrogen-bond donors (Lipinski definition) is 1. The van der Waals surface area contributed by atoms with E-state index in [1.807, 2.05) is 115 Å². The summed E-state index contributed by atoms with van der Waals surface area (Å²) in [5.41, 5.74) is 7.73. The van der Waals surface area contributed by atoms with Gasteiger partial charge in [0.05, 0.1) is 11.2 Å². The maximum atomic E-state index is 4.18. The molecule has 0 saturated heterocycles. The molecule has 0 atom stereocenters. The molecule has 0 aliphatic heterocycles. The van der Waals surface area contributed by atoms with Crippen LogP contribution in [0.15, 0.2) is 169 Å². The second-order valence-corrected chi connectivity index (χ2v) is 23.2. The lowest BCUT2D eigenvalue weighted by Gasteiger charge is -2.01. The van der Waals surface area contributed by atoms with E-state index in [2.05, 4.69) is 215 Å². The fourth-order valence-electron chi connectivity index (χ4n) is 5.72. The van der Waals surface area contributed by atoms with Crippen LogP contribution in [0.5, 0.6) is 0 Å². The van der Waals surface area contributed by atoms with Crippen LogP contribution in [0.3, 0.4) is 0 Å². The van der Waals surface area contributed by atoms with E-state index in [0.717, 1.165) is 11.5 Å². The molecule has 416 valence electrons. The van der Waals surface area contributed by atoms with E-state index < -0.39 is 0 Å². The van der Waals surface area contributed by atoms with E-state index >= 15 is 0 Å². The average molecular weight is 1100 g/mol. The van der Waals surface area contributed by atoms with Crippen molar-refractivity contribution in [2.24, 2.45) is 0 Å². The van der Waals surface area contributed by atoms with E-state index in [9.17, 15) is 0 Å². The summed E-state index contributed by atoms with van der Waals surface area (Å²) >= 11 is 5.32. The van der Waals surface area contributed by atoms with E-state index in [1.54, 1.807) is 47.6 Å². The standard InChI is InChI=1S/3C8H11N.2C7H10N2.2C7H10S.C6H10N2.C6H9NS/c1-7(2)8-3-5-9-6-4-8;1-7(2)8-4-3-5-9-6-8;1-7(2)8-5-3-4-6-9-8;1-6(2)7-3-8-5-9-4-7;1-6(2)7-8-4-3-5-9-7;1-6(2)7-3-4-8-5-7;1-6(2)7-4-3-5-8-7;1-5(2)6-3-7-8-4-6;1-5(2)6-7-3-4-8-6/h3*3-7H,1-2H3;2*3-6H,1-2H3;2*3-6H,1-2H3;3-5H,1-2H3,(H,7,8);3-5H,1-2H3. The van der Waals surface area contributed by atoms with Crippen molar-refractivity contribution in [3.05, 3.63) is 218 Å². The molecule has 9 rings (SSSR count). The summed E-state index contributed by atoms with van der Waals surface area (Å²) in [7, 11) is 0. The zero-order valence-electron chi connectivity index (χ0n) is 49.6. The van der Waals surface area contributed by atoms with Gasteiger partial charge in [-0.1, -0.05) is 143 Å². The highest BCUT2D eigenvalue weighted by Crippen LogP contribution is 2.20. The number of nitrogens with zero attached hydrogens (tertiary/aromatic N) is 9. The number of thiophene rings is 2. The molecule has 9 heterocycles. The van der Waals surface area contributed by atoms with E-state index in [4.69, 9.17) is 0 Å². The van der Waals surface area contributed by atoms with Crippen molar-refractivity contribution in [1.82, 2.24) is 50.1 Å². The third-order valence-corrected chi connectivity index (χ3v) is 13.8. The monoisotopic (exact) mass is 1100 g/mol. The van der Waals surface area contributed by atoms with Crippen LogP contribution in [-0.2, 0) is 0 Å². The van der Waals surface area contributed by atoms with Crippen LogP contribution in [0.25, 0.3) is 0 Å². The molecule has 0 unspecified atom stereocenters. The molecule has 9 aromatic heterocycles. The molecule has 0 fully saturated rings. The highest BCUT2D eigenvalue weighted by atomic mass is 32.1. The van der Waals surface area contributed by atoms with Gasteiger partial charge in [0.2, 0.25) is 0 Å². The minimum absolute atomic E-state index is 0.436. The first-order valence-electron chi connectivity index (χ1n) is 26.9. The van der Waals surface area contributed by atoms with Crippen LogP contribution in [0, 0.1) is 0 Å². The van der Waals surface area contributed by atoms with Gasteiger partial charge in [0, 0.05) is 96.0 Å². The second kappa shape index (κ2) is 41.9. The number of thiazole rings is 1. The van der Waals surface area contributed by atoms with Gasteiger partial charge < -0.3 is 0 Å². The number of hydrogen-bond acceptors (Lipinski definition) is 12. The van der Waals surface area contributed by atoms with Crippen molar-refractivity contribution >= 4 is 34.0 Å². The van der Waals surface area contributed by atoms with Gasteiger partial charge in [0.25, 0.3) is 0 Å². The van der Waals surface area contributed by atoms with Crippen molar-refractivity contribution in [2.75, 3.05) is 0 Å². The molecule has 9 aromatic rings. The van der Waals surface area contributed by atoms with Crippen molar-refractivity contribution in [3.63, 3.8) is 0 Å². The summed E-state index contributed by atoms with van der Waals surface area (Å²) in [5, 5.41) is 16.3. The largest absolute Gasteiger partial charge is 0.285 e. The first kappa shape index (κ1) is 68.9. The molecule has 0 aromatic carbocycles. The molecular formula is C64H92N10S3. The first-order valence-corrected chi connectivity index (χ1v) is 29.6. The predicted molar refractivity (Wildman–Crippen MR) is 333 cm³/mol. The van der Waals surface area contributed by atoms with E-state index in [1.165, 1.54) is 37.7 Å². The van der Waals surface area contributed by atoms with Gasteiger partial charge in [-0.2, -0.15) is 16.4 Å². The minimum Gasteiger partial charge on any atom is -0.285 e. The Kier molecular flexibility index (Phi) is 37.5. The molecule has 0 bridgehead atoms. The van der Waals surface area contributed by atoms with Crippen molar-refractivity contribution in [1.29, 1.82) is 0 Å².